The minimum absolute atomic E-state index is 0.131. The van der Waals surface area contributed by atoms with Crippen LogP contribution in [0.25, 0.3) is 22.2 Å². The molecule has 1 saturated carbocycles. The molecule has 0 amide bonds. The number of benzene rings is 1. The van der Waals surface area contributed by atoms with E-state index in [0.717, 1.165) is 29.6 Å². The van der Waals surface area contributed by atoms with E-state index in [9.17, 15) is 0 Å². The van der Waals surface area contributed by atoms with Gasteiger partial charge >= 0.3 is 0 Å². The van der Waals surface area contributed by atoms with Crippen molar-refractivity contribution in [2.75, 3.05) is 36.1 Å². The second-order valence-electron chi connectivity index (χ2n) is 8.78. The second kappa shape index (κ2) is 8.30. The van der Waals surface area contributed by atoms with Crippen molar-refractivity contribution in [3.05, 3.63) is 36.0 Å². The molecule has 31 heavy (non-hydrogen) atoms. The summed E-state index contributed by atoms with van der Waals surface area (Å²) >= 11 is 0. The van der Waals surface area contributed by atoms with Crippen molar-refractivity contribution < 1.29 is 4.74 Å². The van der Waals surface area contributed by atoms with Crippen LogP contribution in [0.4, 0.5) is 17.5 Å². The lowest BCUT2D eigenvalue weighted by atomic mass is 9.83. The molecule has 1 aliphatic carbocycles. The van der Waals surface area contributed by atoms with Gasteiger partial charge in [0.2, 0.25) is 5.95 Å². The summed E-state index contributed by atoms with van der Waals surface area (Å²) in [4.78, 5) is 15.9. The molecule has 2 fully saturated rings. The van der Waals surface area contributed by atoms with Crippen molar-refractivity contribution in [3.63, 3.8) is 0 Å². The second-order valence-corrected chi connectivity index (χ2v) is 8.78. The smallest absolute Gasteiger partial charge is 0.229 e. The van der Waals surface area contributed by atoms with Gasteiger partial charge in [0.05, 0.1) is 30.0 Å². The van der Waals surface area contributed by atoms with Crippen LogP contribution in [-0.2, 0) is 4.74 Å². The molecule has 5 rings (SSSR count). The highest BCUT2D eigenvalue weighted by Gasteiger charge is 2.22. The van der Waals surface area contributed by atoms with Crippen LogP contribution in [0.2, 0.25) is 0 Å². The third-order valence-corrected chi connectivity index (χ3v) is 6.57. The van der Waals surface area contributed by atoms with Gasteiger partial charge in [0.1, 0.15) is 5.82 Å². The number of aromatic nitrogens is 3. The van der Waals surface area contributed by atoms with Crippen LogP contribution >= 0.6 is 0 Å². The van der Waals surface area contributed by atoms with E-state index >= 15 is 0 Å². The highest BCUT2D eigenvalue weighted by molar-refractivity contribution is 6.04. The van der Waals surface area contributed by atoms with E-state index in [1.165, 1.54) is 37.7 Å². The average molecular weight is 419 g/mol. The van der Waals surface area contributed by atoms with Crippen LogP contribution in [0.1, 0.15) is 50.5 Å². The van der Waals surface area contributed by atoms with Gasteiger partial charge in [0, 0.05) is 18.7 Å². The molecule has 0 bridgehead atoms. The summed E-state index contributed by atoms with van der Waals surface area (Å²) in [6.07, 6.45) is 8.38. The minimum Gasteiger partial charge on any atom is -0.397 e. The monoisotopic (exact) mass is 418 g/mol. The fourth-order valence-corrected chi connectivity index (χ4v) is 4.94. The molecular weight excluding hydrogens is 388 g/mol. The number of pyridine rings is 1. The highest BCUT2D eigenvalue weighted by Crippen LogP contribution is 2.38. The molecule has 2 aliphatic rings. The predicted molar refractivity (Wildman–Crippen MR) is 125 cm³/mol. The molecule has 1 aliphatic heterocycles. The molecule has 4 N–H and O–H groups in total. The van der Waals surface area contributed by atoms with E-state index in [1.807, 2.05) is 6.92 Å². The fourth-order valence-electron chi connectivity index (χ4n) is 4.94. The maximum Gasteiger partial charge on any atom is 0.229 e. The third kappa shape index (κ3) is 3.90. The molecule has 0 spiro atoms. The molecule has 2 aromatic heterocycles. The number of morpholine rings is 1. The van der Waals surface area contributed by atoms with Gasteiger partial charge in [-0.2, -0.15) is 9.97 Å². The van der Waals surface area contributed by atoms with Crippen molar-refractivity contribution in [1.29, 1.82) is 0 Å². The number of nitrogens with zero attached hydrogens (tertiary/aromatic N) is 4. The number of nitrogens with two attached hydrogens (primary N) is 2. The number of ether oxygens (including phenoxy) is 1. The maximum absolute atomic E-state index is 6.45. The van der Waals surface area contributed by atoms with Gasteiger partial charge < -0.3 is 21.1 Å². The summed E-state index contributed by atoms with van der Waals surface area (Å²) in [7, 11) is 0. The molecule has 162 valence electrons. The first kappa shape index (κ1) is 20.0. The maximum atomic E-state index is 6.45. The van der Waals surface area contributed by atoms with Crippen molar-refractivity contribution in [2.45, 2.75) is 51.0 Å². The largest absolute Gasteiger partial charge is 0.397 e. The molecule has 1 atom stereocenters. The molecule has 1 saturated heterocycles. The number of hydrogen-bond donors (Lipinski definition) is 2. The Balaban J connectivity index is 1.53. The molecule has 7 heteroatoms. The van der Waals surface area contributed by atoms with Crippen molar-refractivity contribution in [1.82, 2.24) is 15.0 Å². The lowest BCUT2D eigenvalue weighted by Gasteiger charge is -2.31. The van der Waals surface area contributed by atoms with Gasteiger partial charge in [-0.1, -0.05) is 43.5 Å². The topological polar surface area (TPSA) is 103 Å². The lowest BCUT2D eigenvalue weighted by molar-refractivity contribution is 0.0526. The van der Waals surface area contributed by atoms with E-state index < -0.39 is 0 Å². The van der Waals surface area contributed by atoms with E-state index in [4.69, 9.17) is 21.2 Å². The summed E-state index contributed by atoms with van der Waals surface area (Å²) in [5.74, 6) is 1.67. The Hall–Kier alpha value is -2.93. The number of nitrogen functional groups attached to an aromatic ring is 2. The number of anilines is 3. The standard InChI is InChI=1S/C24H30N6O/c1-15-14-30(11-12-31-15)24-28-22(26)21-20(19(25)13-27-23(21)29-24)18-9-7-17(8-10-18)16-5-3-2-4-6-16/h7-10,13,15-16H,2-6,11-12,14,25H2,1H3,(H2,26,27,28,29)/t15-/m1/s1. The van der Waals surface area contributed by atoms with Crippen molar-refractivity contribution >= 4 is 28.5 Å². The first-order chi connectivity index (χ1) is 15.1. The minimum atomic E-state index is 0.131. The Kier molecular flexibility index (Phi) is 5.36. The SMILES string of the molecule is C[C@@H]1CN(c2nc(N)c3c(-c4ccc(C5CCCCC5)cc4)c(N)cnc3n2)CCO1. The van der Waals surface area contributed by atoms with Crippen molar-refractivity contribution in [2.24, 2.45) is 0 Å². The first-order valence-corrected chi connectivity index (χ1v) is 11.3. The van der Waals surface area contributed by atoms with Crippen LogP contribution in [0.15, 0.2) is 30.5 Å². The molecule has 7 nitrogen and oxygen atoms in total. The Morgan fingerprint density at radius 1 is 1.03 bits per heavy atom. The summed E-state index contributed by atoms with van der Waals surface area (Å²) in [6, 6.07) is 8.76. The normalized spacial score (nSPS) is 20.3. The Morgan fingerprint density at radius 3 is 2.55 bits per heavy atom. The van der Waals surface area contributed by atoms with Crippen LogP contribution < -0.4 is 16.4 Å². The third-order valence-electron chi connectivity index (χ3n) is 6.57. The Labute approximate surface area is 182 Å². The van der Waals surface area contributed by atoms with E-state index in [1.54, 1.807) is 6.20 Å². The summed E-state index contributed by atoms with van der Waals surface area (Å²) in [5, 5.41) is 0.718. The fraction of sp³-hybridized carbons (Fsp3) is 0.458. The first-order valence-electron chi connectivity index (χ1n) is 11.3. The van der Waals surface area contributed by atoms with Gasteiger partial charge in [-0.05, 0) is 36.8 Å². The molecule has 3 heterocycles. The molecule has 0 radical (unpaired) electrons. The number of fused-ring (bicyclic) bond motifs is 1. The van der Waals surface area contributed by atoms with Gasteiger partial charge in [-0.3, -0.25) is 0 Å². The molecule has 0 unspecified atom stereocenters. The lowest BCUT2D eigenvalue weighted by Crippen LogP contribution is -2.42. The van der Waals surface area contributed by atoms with Crippen molar-refractivity contribution in [3.8, 4) is 11.1 Å². The number of rotatable bonds is 3. The van der Waals surface area contributed by atoms with Crippen LogP contribution in [0.3, 0.4) is 0 Å². The summed E-state index contributed by atoms with van der Waals surface area (Å²) in [5.41, 5.74) is 17.3. The van der Waals surface area contributed by atoms with E-state index in [0.29, 0.717) is 35.6 Å². The van der Waals surface area contributed by atoms with Crippen LogP contribution in [0.5, 0.6) is 0 Å². The summed E-state index contributed by atoms with van der Waals surface area (Å²) < 4.78 is 5.63. The number of hydrogen-bond acceptors (Lipinski definition) is 7. The Morgan fingerprint density at radius 2 is 1.81 bits per heavy atom. The van der Waals surface area contributed by atoms with E-state index in [2.05, 4.69) is 39.1 Å². The molecule has 1 aromatic carbocycles. The molecular formula is C24H30N6O. The Bertz CT molecular complexity index is 1080. The van der Waals surface area contributed by atoms with Crippen LogP contribution in [0, 0.1) is 0 Å². The zero-order chi connectivity index (χ0) is 21.4. The summed E-state index contributed by atoms with van der Waals surface area (Å²) in [6.45, 7) is 4.16. The zero-order valence-corrected chi connectivity index (χ0v) is 18.1. The highest BCUT2D eigenvalue weighted by atomic mass is 16.5. The molecule has 3 aromatic rings. The quantitative estimate of drug-likeness (QED) is 0.659. The zero-order valence-electron chi connectivity index (χ0n) is 18.1. The predicted octanol–water partition coefficient (Wildman–Crippen LogP) is 4.13. The van der Waals surface area contributed by atoms with Gasteiger partial charge in [-0.25, -0.2) is 4.98 Å². The van der Waals surface area contributed by atoms with Crippen LogP contribution in [-0.4, -0.2) is 40.8 Å². The van der Waals surface area contributed by atoms with Gasteiger partial charge in [-0.15, -0.1) is 0 Å². The van der Waals surface area contributed by atoms with Gasteiger partial charge in [0.25, 0.3) is 0 Å². The van der Waals surface area contributed by atoms with E-state index in [-0.39, 0.29) is 6.10 Å². The average Bonchev–Trinajstić information content (AvgIpc) is 2.80. The van der Waals surface area contributed by atoms with Gasteiger partial charge in [0.15, 0.2) is 5.65 Å².